The lowest BCUT2D eigenvalue weighted by atomic mass is 9.93. The fourth-order valence-electron chi connectivity index (χ4n) is 9.89. The maximum Gasteiger partial charge on any atom is 0.247 e. The van der Waals surface area contributed by atoms with Gasteiger partial charge in [0.25, 0.3) is 0 Å². The first kappa shape index (κ1) is 56.1. The number of benzene rings is 4. The Kier molecular flexibility index (Phi) is 20.0. The summed E-state index contributed by atoms with van der Waals surface area (Å²) < 4.78 is 29.3. The van der Waals surface area contributed by atoms with Gasteiger partial charge in [0, 0.05) is 82.3 Å². The van der Waals surface area contributed by atoms with Crippen molar-refractivity contribution in [2.45, 2.75) is 102 Å². The number of halogens is 2. The van der Waals surface area contributed by atoms with E-state index in [1.54, 1.807) is 26.2 Å². The standard InChI is InChI=1S/C58H72ClFN8O7/c1-7-40-15-18-44(52(31-40)75-48-23-19-43(20-24-48)51-35-61-53(66(51)5)37-67-27-11-12-28-67)36-68-50(25-26-60)56(71)63-49(38-74-6)58(73)65(4)47(30-42-16-21-46(59)22-17-42)33-54(69)62-34-39(2)64(3)57(72)45(32-55(68)70)29-41-13-9-8-10-14-41/h8-10,13-24,31,35,39,45,47,49-50H,7,11-12,25-30,32-34,36-38H2,1-6H3,(H,62,69)(H,63,71)/t39-,45+,47-,49-,50-/m0/s1. The minimum atomic E-state index is -1.45. The summed E-state index contributed by atoms with van der Waals surface area (Å²) in [5.74, 6) is -1.62. The molecule has 0 bridgehead atoms. The number of likely N-dealkylation sites (tertiary alicyclic amines) is 1. The minimum absolute atomic E-state index is 0.0911. The van der Waals surface area contributed by atoms with Crippen molar-refractivity contribution in [2.24, 2.45) is 13.0 Å². The Hall–Kier alpha value is -6.62. The predicted octanol–water partition coefficient (Wildman–Crippen LogP) is 7.56. The average molecular weight is 1050 g/mol. The molecule has 75 heavy (non-hydrogen) atoms. The van der Waals surface area contributed by atoms with Gasteiger partial charge in [-0.15, -0.1) is 0 Å². The van der Waals surface area contributed by atoms with Gasteiger partial charge < -0.3 is 39.4 Å². The van der Waals surface area contributed by atoms with Crippen LogP contribution < -0.4 is 15.4 Å². The Labute approximate surface area is 445 Å². The number of nitrogens with one attached hydrogen (secondary N) is 2. The van der Waals surface area contributed by atoms with Gasteiger partial charge in [-0.25, -0.2) is 4.98 Å². The Morgan fingerprint density at radius 3 is 2.17 bits per heavy atom. The maximum atomic E-state index is 15.3. The first-order valence-electron chi connectivity index (χ1n) is 26.0. The van der Waals surface area contributed by atoms with E-state index in [0.29, 0.717) is 28.5 Å². The van der Waals surface area contributed by atoms with E-state index >= 15 is 9.18 Å². The molecular weight excluding hydrogens is 975 g/mol. The fourth-order valence-corrected chi connectivity index (χ4v) is 10.0. The number of hydrogen-bond donors (Lipinski definition) is 2. The number of likely N-dealkylation sites (N-methyl/N-ethyl adjacent to an activating group) is 2. The minimum Gasteiger partial charge on any atom is -0.457 e. The maximum absolute atomic E-state index is 15.3. The van der Waals surface area contributed by atoms with Crippen LogP contribution in [-0.4, -0.2) is 137 Å². The second-order valence-corrected chi connectivity index (χ2v) is 20.3. The van der Waals surface area contributed by atoms with Crippen LogP contribution in [-0.2, 0) is 68.1 Å². The van der Waals surface area contributed by atoms with E-state index in [1.807, 2.05) is 112 Å². The van der Waals surface area contributed by atoms with Crippen molar-refractivity contribution < 1.29 is 37.8 Å². The summed E-state index contributed by atoms with van der Waals surface area (Å²) in [5, 5.41) is 6.30. The second kappa shape index (κ2) is 26.7. The van der Waals surface area contributed by atoms with Gasteiger partial charge in [-0.3, -0.25) is 33.3 Å². The van der Waals surface area contributed by atoms with Crippen molar-refractivity contribution in [2.75, 3.05) is 54.1 Å². The number of hydrogen-bond acceptors (Lipinski definition) is 9. The van der Waals surface area contributed by atoms with Crippen LogP contribution in [0.2, 0.25) is 5.02 Å². The number of rotatable bonds is 16. The molecule has 15 nitrogen and oxygen atoms in total. The van der Waals surface area contributed by atoms with E-state index in [1.165, 1.54) is 34.7 Å². The molecule has 2 aliphatic heterocycles. The molecule has 0 radical (unpaired) electrons. The summed E-state index contributed by atoms with van der Waals surface area (Å²) in [4.78, 5) is 84.7. The topological polar surface area (TPSA) is 159 Å². The number of aryl methyl sites for hydroxylation is 1. The van der Waals surface area contributed by atoms with Crippen molar-refractivity contribution in [1.82, 2.24) is 39.8 Å². The van der Waals surface area contributed by atoms with Crippen LogP contribution in [0.5, 0.6) is 11.5 Å². The molecule has 1 aromatic heterocycles. The Morgan fingerprint density at radius 2 is 1.49 bits per heavy atom. The largest absolute Gasteiger partial charge is 0.457 e. The van der Waals surface area contributed by atoms with Crippen LogP contribution in [0.15, 0.2) is 103 Å². The predicted molar refractivity (Wildman–Crippen MR) is 288 cm³/mol. The van der Waals surface area contributed by atoms with Gasteiger partial charge in [0.05, 0.1) is 44.2 Å². The third-order valence-electron chi connectivity index (χ3n) is 14.6. The second-order valence-electron chi connectivity index (χ2n) is 19.9. The van der Waals surface area contributed by atoms with Crippen LogP contribution in [0.25, 0.3) is 11.3 Å². The molecule has 7 rings (SSSR count). The molecule has 0 saturated carbocycles. The average Bonchev–Trinajstić information content (AvgIpc) is 4.07. The molecule has 0 spiro atoms. The lowest BCUT2D eigenvalue weighted by Gasteiger charge is -2.36. The summed E-state index contributed by atoms with van der Waals surface area (Å²) in [5.41, 5.74) is 5.03. The van der Waals surface area contributed by atoms with Gasteiger partial charge >= 0.3 is 0 Å². The molecule has 5 aromatic rings. The van der Waals surface area contributed by atoms with Crippen LogP contribution in [0.3, 0.4) is 0 Å². The number of methoxy groups -OCH3 is 1. The molecule has 0 unspecified atom stereocenters. The first-order valence-corrected chi connectivity index (χ1v) is 26.4. The number of carbonyl (C=O) groups is 5. The molecule has 5 amide bonds. The lowest BCUT2D eigenvalue weighted by Crippen LogP contribution is -2.58. The third-order valence-corrected chi connectivity index (χ3v) is 14.9. The summed E-state index contributed by atoms with van der Waals surface area (Å²) in [7, 11) is 6.61. The number of ether oxygens (including phenoxy) is 2. The molecule has 2 aliphatic rings. The Bertz CT molecular complexity index is 2720. The zero-order valence-electron chi connectivity index (χ0n) is 44.1. The number of aromatic nitrogens is 2. The van der Waals surface area contributed by atoms with Crippen LogP contribution in [0, 0.1) is 5.92 Å². The zero-order chi connectivity index (χ0) is 53.6. The molecule has 2 fully saturated rings. The zero-order valence-corrected chi connectivity index (χ0v) is 44.9. The molecule has 3 heterocycles. The van der Waals surface area contributed by atoms with Crippen molar-refractivity contribution in [3.05, 3.63) is 136 Å². The summed E-state index contributed by atoms with van der Waals surface area (Å²) in [6.07, 6.45) is 4.52. The Morgan fingerprint density at radius 1 is 0.800 bits per heavy atom. The molecule has 400 valence electrons. The molecule has 5 atom stereocenters. The van der Waals surface area contributed by atoms with E-state index < -0.39 is 60.9 Å². The smallest absolute Gasteiger partial charge is 0.247 e. The van der Waals surface area contributed by atoms with Gasteiger partial charge in [-0.05, 0) is 111 Å². The van der Waals surface area contributed by atoms with Crippen LogP contribution in [0.1, 0.15) is 74.0 Å². The first-order chi connectivity index (χ1) is 36.1. The van der Waals surface area contributed by atoms with Gasteiger partial charge in [0.15, 0.2) is 0 Å². The van der Waals surface area contributed by atoms with E-state index in [2.05, 4.69) is 20.1 Å². The van der Waals surface area contributed by atoms with Crippen LogP contribution >= 0.6 is 11.6 Å². The highest BCUT2D eigenvalue weighted by Gasteiger charge is 2.38. The van der Waals surface area contributed by atoms with Crippen molar-refractivity contribution >= 4 is 41.1 Å². The molecule has 2 N–H and O–H groups in total. The normalized spacial score (nSPS) is 21.0. The molecule has 17 heteroatoms. The number of carbonyl (C=O) groups excluding carboxylic acids is 5. The molecular formula is C58H72ClFN8O7. The van der Waals surface area contributed by atoms with E-state index in [-0.39, 0.29) is 57.2 Å². The van der Waals surface area contributed by atoms with E-state index in [4.69, 9.17) is 26.1 Å². The number of alkyl halides is 1. The van der Waals surface area contributed by atoms with Gasteiger partial charge in [-0.2, -0.15) is 0 Å². The van der Waals surface area contributed by atoms with Gasteiger partial charge in [-0.1, -0.05) is 73.1 Å². The van der Waals surface area contributed by atoms with Gasteiger partial charge in [0.2, 0.25) is 29.5 Å². The number of imidazole rings is 1. The van der Waals surface area contributed by atoms with Crippen LogP contribution in [0.4, 0.5) is 4.39 Å². The number of nitrogens with zero attached hydrogens (tertiary/aromatic N) is 6. The lowest BCUT2D eigenvalue weighted by molar-refractivity contribution is -0.147. The highest BCUT2D eigenvalue weighted by atomic mass is 35.5. The van der Waals surface area contributed by atoms with E-state index in [9.17, 15) is 19.2 Å². The van der Waals surface area contributed by atoms with E-state index in [0.717, 1.165) is 53.4 Å². The van der Waals surface area contributed by atoms with Crippen molar-refractivity contribution in [1.29, 1.82) is 0 Å². The van der Waals surface area contributed by atoms with Crippen molar-refractivity contribution in [3.63, 3.8) is 0 Å². The quantitative estimate of drug-likeness (QED) is 0.102. The summed E-state index contributed by atoms with van der Waals surface area (Å²) >= 11 is 6.21. The molecule has 0 aliphatic carbocycles. The monoisotopic (exact) mass is 1050 g/mol. The summed E-state index contributed by atoms with van der Waals surface area (Å²) in [6.45, 7) is 5.38. The highest BCUT2D eigenvalue weighted by Crippen LogP contribution is 2.32. The fraction of sp³-hybridized carbons (Fsp3) is 0.448. The Balaban J connectivity index is 1.25. The number of amides is 5. The molecule has 2 saturated heterocycles. The third kappa shape index (κ3) is 14.8. The molecule has 4 aromatic carbocycles. The SMILES string of the molecule is CCc1ccc(CN2C(=O)C[C@@H](Cc3ccccc3)C(=O)N(C)[C@@H](C)CNC(=O)C[C@H](Cc3ccc(Cl)cc3)N(C)C(=O)[C@H](COC)NC(=O)[C@@H]2CCF)c(Oc2ccc(-c3cnc(CN4CCCC4)n3C)cc2)c1. The highest BCUT2D eigenvalue weighted by molar-refractivity contribution is 6.30. The van der Waals surface area contributed by atoms with Crippen molar-refractivity contribution in [3.8, 4) is 22.8 Å². The summed E-state index contributed by atoms with van der Waals surface area (Å²) in [6, 6.07) is 25.8. The van der Waals surface area contributed by atoms with Gasteiger partial charge in [0.1, 0.15) is 29.4 Å².